The molecule has 4 aromatic rings. The summed E-state index contributed by atoms with van der Waals surface area (Å²) in [6, 6.07) is 11.6. The lowest BCUT2D eigenvalue weighted by Crippen LogP contribution is -2.34. The van der Waals surface area contributed by atoms with E-state index in [9.17, 15) is 10.1 Å². The number of benzene rings is 1. The summed E-state index contributed by atoms with van der Waals surface area (Å²) < 4.78 is 7.62. The predicted octanol–water partition coefficient (Wildman–Crippen LogP) is 4.43. The lowest BCUT2D eigenvalue weighted by molar-refractivity contribution is 0.101. The zero-order valence-corrected chi connectivity index (χ0v) is 19.1. The monoisotopic (exact) mass is 454 g/mol. The highest BCUT2D eigenvalue weighted by molar-refractivity contribution is 6.08. The van der Waals surface area contributed by atoms with Gasteiger partial charge in [-0.05, 0) is 64.0 Å². The number of fused-ring (bicyclic) bond motifs is 1. The minimum Gasteiger partial charge on any atom is -0.346 e. The van der Waals surface area contributed by atoms with E-state index in [1.54, 1.807) is 19.3 Å². The van der Waals surface area contributed by atoms with Gasteiger partial charge in [0.15, 0.2) is 5.78 Å². The van der Waals surface area contributed by atoms with Crippen molar-refractivity contribution in [2.24, 2.45) is 0 Å². The Labute approximate surface area is 197 Å². The van der Waals surface area contributed by atoms with Crippen LogP contribution in [0.2, 0.25) is 0 Å². The van der Waals surface area contributed by atoms with E-state index in [1.165, 1.54) is 0 Å². The molecule has 0 saturated carbocycles. The Balaban J connectivity index is 1.18. The number of ketones is 1. The summed E-state index contributed by atoms with van der Waals surface area (Å²) in [7, 11) is 0. The molecule has 1 fully saturated rings. The van der Waals surface area contributed by atoms with Crippen molar-refractivity contribution in [3.05, 3.63) is 65.9 Å². The Morgan fingerprint density at radius 2 is 2.06 bits per heavy atom. The molecule has 0 atom stereocenters. The molecular weight excluding hydrogens is 428 g/mol. The molecule has 0 aliphatic carbocycles. The molecule has 8 heteroatoms. The van der Waals surface area contributed by atoms with Gasteiger partial charge in [-0.25, -0.2) is 0 Å². The molecule has 0 bridgehead atoms. The first-order valence-corrected chi connectivity index (χ1v) is 11.6. The Morgan fingerprint density at radius 1 is 1.21 bits per heavy atom. The van der Waals surface area contributed by atoms with E-state index in [0.717, 1.165) is 61.9 Å². The van der Waals surface area contributed by atoms with Gasteiger partial charge in [0.05, 0.1) is 11.1 Å². The fraction of sp³-hybridized carbons (Fsp3) is 0.346. The minimum absolute atomic E-state index is 0.0219. The van der Waals surface area contributed by atoms with Crippen LogP contribution in [-0.4, -0.2) is 50.0 Å². The van der Waals surface area contributed by atoms with E-state index < -0.39 is 0 Å². The zero-order chi connectivity index (χ0) is 23.5. The van der Waals surface area contributed by atoms with E-state index in [0.29, 0.717) is 22.8 Å². The van der Waals surface area contributed by atoms with Crippen LogP contribution in [0.5, 0.6) is 0 Å². The Hall–Kier alpha value is -3.83. The average Bonchev–Trinajstić information content (AvgIpc) is 3.51. The molecule has 0 amide bonds. The fourth-order valence-corrected chi connectivity index (χ4v) is 4.79. The first kappa shape index (κ1) is 22.0. The summed E-state index contributed by atoms with van der Waals surface area (Å²) in [4.78, 5) is 23.3. The molecule has 0 N–H and O–H groups in total. The second-order valence-corrected chi connectivity index (χ2v) is 8.77. The number of likely N-dealkylation sites (tertiary alicyclic amines) is 1. The number of para-hydroxylation sites is 1. The number of piperidine rings is 1. The van der Waals surface area contributed by atoms with E-state index in [2.05, 4.69) is 30.7 Å². The number of pyridine rings is 1. The van der Waals surface area contributed by atoms with Crippen LogP contribution in [-0.2, 0) is 6.54 Å². The third-order valence-electron chi connectivity index (χ3n) is 6.57. The number of rotatable bonds is 7. The molecule has 3 aromatic heterocycles. The van der Waals surface area contributed by atoms with Crippen LogP contribution < -0.4 is 0 Å². The van der Waals surface area contributed by atoms with Crippen LogP contribution in [0.3, 0.4) is 0 Å². The molecule has 1 aromatic carbocycles. The van der Waals surface area contributed by atoms with Crippen molar-refractivity contribution in [3.63, 3.8) is 0 Å². The second-order valence-electron chi connectivity index (χ2n) is 8.77. The first-order valence-electron chi connectivity index (χ1n) is 11.6. The van der Waals surface area contributed by atoms with Crippen molar-refractivity contribution in [2.45, 2.75) is 38.6 Å². The summed E-state index contributed by atoms with van der Waals surface area (Å²) in [5.74, 6) is 1.59. The second kappa shape index (κ2) is 9.57. The van der Waals surface area contributed by atoms with Gasteiger partial charge < -0.3 is 14.0 Å². The number of nitriles is 1. The van der Waals surface area contributed by atoms with Crippen LogP contribution in [0.1, 0.15) is 53.9 Å². The van der Waals surface area contributed by atoms with Crippen molar-refractivity contribution in [1.29, 1.82) is 5.26 Å². The highest BCUT2D eigenvalue weighted by Crippen LogP contribution is 2.29. The van der Waals surface area contributed by atoms with Gasteiger partial charge in [0, 0.05) is 47.6 Å². The van der Waals surface area contributed by atoms with E-state index in [4.69, 9.17) is 4.52 Å². The third-order valence-corrected chi connectivity index (χ3v) is 6.57. The SMILES string of the molecule is CC(=O)c1cn(CCCN2CCC(c3nc(-c4cccnc4)no3)CC2)c2c(C#N)cccc12. The van der Waals surface area contributed by atoms with Gasteiger partial charge in [-0.3, -0.25) is 9.78 Å². The maximum absolute atomic E-state index is 12.1. The van der Waals surface area contributed by atoms with Gasteiger partial charge in [0.1, 0.15) is 6.07 Å². The standard InChI is InChI=1S/C26H26N6O2/c1-18(33)23-17-32(24-20(15-27)5-2-7-22(23)24)12-4-11-31-13-8-19(9-14-31)26-29-25(30-34-26)21-6-3-10-28-16-21/h2-3,5-7,10,16-17,19H,4,8-9,11-14H2,1H3. The minimum atomic E-state index is 0.0219. The highest BCUT2D eigenvalue weighted by Gasteiger charge is 2.25. The van der Waals surface area contributed by atoms with Gasteiger partial charge in [0.2, 0.25) is 11.7 Å². The Morgan fingerprint density at radius 3 is 2.79 bits per heavy atom. The summed E-state index contributed by atoms with van der Waals surface area (Å²) in [5, 5.41) is 14.5. The van der Waals surface area contributed by atoms with Gasteiger partial charge in [-0.2, -0.15) is 10.2 Å². The van der Waals surface area contributed by atoms with Crippen LogP contribution in [0, 0.1) is 11.3 Å². The third kappa shape index (κ3) is 4.35. The molecule has 34 heavy (non-hydrogen) atoms. The summed E-state index contributed by atoms with van der Waals surface area (Å²) in [5.41, 5.74) is 3.00. The van der Waals surface area contributed by atoms with Gasteiger partial charge >= 0.3 is 0 Å². The number of hydrogen-bond acceptors (Lipinski definition) is 7. The molecule has 0 spiro atoms. The van der Waals surface area contributed by atoms with Gasteiger partial charge in [-0.15, -0.1) is 0 Å². The van der Waals surface area contributed by atoms with E-state index in [-0.39, 0.29) is 11.7 Å². The molecule has 172 valence electrons. The number of aromatic nitrogens is 4. The Kier molecular flexibility index (Phi) is 6.19. The average molecular weight is 455 g/mol. The molecule has 0 radical (unpaired) electrons. The van der Waals surface area contributed by atoms with Crippen molar-refractivity contribution >= 4 is 16.7 Å². The van der Waals surface area contributed by atoms with Crippen LogP contribution >= 0.6 is 0 Å². The maximum atomic E-state index is 12.1. The molecule has 1 aliphatic heterocycles. The fourth-order valence-electron chi connectivity index (χ4n) is 4.79. The topological polar surface area (TPSA) is 101 Å². The molecule has 4 heterocycles. The van der Waals surface area contributed by atoms with Gasteiger partial charge in [0.25, 0.3) is 0 Å². The van der Waals surface area contributed by atoms with Crippen LogP contribution in [0.4, 0.5) is 0 Å². The lowest BCUT2D eigenvalue weighted by atomic mass is 9.96. The highest BCUT2D eigenvalue weighted by atomic mass is 16.5. The molecule has 1 saturated heterocycles. The zero-order valence-electron chi connectivity index (χ0n) is 19.1. The quantitative estimate of drug-likeness (QED) is 0.381. The number of nitrogens with zero attached hydrogens (tertiary/aromatic N) is 6. The summed E-state index contributed by atoms with van der Waals surface area (Å²) in [6.07, 6.45) is 8.27. The lowest BCUT2D eigenvalue weighted by Gasteiger charge is -2.30. The Bertz CT molecular complexity index is 1340. The molecular formula is C26H26N6O2. The van der Waals surface area contributed by atoms with Crippen molar-refractivity contribution < 1.29 is 9.32 Å². The number of hydrogen-bond donors (Lipinski definition) is 0. The van der Waals surface area contributed by atoms with Gasteiger partial charge in [-0.1, -0.05) is 17.3 Å². The van der Waals surface area contributed by atoms with Crippen molar-refractivity contribution in [1.82, 2.24) is 24.6 Å². The largest absolute Gasteiger partial charge is 0.346 e. The number of carbonyl (C=O) groups is 1. The predicted molar refractivity (Wildman–Crippen MR) is 127 cm³/mol. The maximum Gasteiger partial charge on any atom is 0.230 e. The number of carbonyl (C=O) groups excluding carboxylic acids is 1. The van der Waals surface area contributed by atoms with Crippen molar-refractivity contribution in [2.75, 3.05) is 19.6 Å². The first-order chi connectivity index (χ1) is 16.6. The van der Waals surface area contributed by atoms with E-state index >= 15 is 0 Å². The van der Waals surface area contributed by atoms with E-state index in [1.807, 2.05) is 36.5 Å². The molecule has 1 aliphatic rings. The van der Waals surface area contributed by atoms with Crippen molar-refractivity contribution in [3.8, 4) is 17.5 Å². The summed E-state index contributed by atoms with van der Waals surface area (Å²) in [6.45, 7) is 5.25. The number of Topliss-reactive ketones (excluding diaryl/α,β-unsaturated/α-hetero) is 1. The molecule has 8 nitrogen and oxygen atoms in total. The normalized spacial score (nSPS) is 14.9. The number of aryl methyl sites for hydroxylation is 1. The molecule has 5 rings (SSSR count). The summed E-state index contributed by atoms with van der Waals surface area (Å²) >= 11 is 0. The van der Waals surface area contributed by atoms with Crippen LogP contribution in [0.25, 0.3) is 22.3 Å². The molecule has 0 unspecified atom stereocenters. The smallest absolute Gasteiger partial charge is 0.230 e. The van der Waals surface area contributed by atoms with Crippen LogP contribution in [0.15, 0.2) is 53.4 Å².